The lowest BCUT2D eigenvalue weighted by atomic mass is 9.97. The van der Waals surface area contributed by atoms with Crippen LogP contribution in [0.5, 0.6) is 0 Å². The second-order valence-electron chi connectivity index (χ2n) is 5.60. The Labute approximate surface area is 107 Å². The third-order valence-electron chi connectivity index (χ3n) is 2.85. The summed E-state index contributed by atoms with van der Waals surface area (Å²) in [5.74, 6) is 1.43. The Morgan fingerprint density at radius 1 is 1.28 bits per heavy atom. The first-order valence-corrected chi connectivity index (χ1v) is 6.09. The van der Waals surface area contributed by atoms with E-state index in [-0.39, 0.29) is 12.0 Å². The van der Waals surface area contributed by atoms with Gasteiger partial charge in [-0.1, -0.05) is 38.5 Å². The van der Waals surface area contributed by atoms with Gasteiger partial charge in [-0.25, -0.2) is 4.98 Å². The molecule has 2 aromatic rings. The van der Waals surface area contributed by atoms with Gasteiger partial charge in [0.1, 0.15) is 0 Å². The van der Waals surface area contributed by atoms with E-state index in [1.165, 1.54) is 0 Å². The summed E-state index contributed by atoms with van der Waals surface area (Å²) in [5.41, 5.74) is 2.80. The highest BCUT2D eigenvalue weighted by molar-refractivity contribution is 5.62. The summed E-state index contributed by atoms with van der Waals surface area (Å²) in [7, 11) is 0. The van der Waals surface area contributed by atoms with Gasteiger partial charge in [0.15, 0.2) is 11.7 Å². The average molecular weight is 245 g/mol. The highest BCUT2D eigenvalue weighted by atomic mass is 16.4. The summed E-state index contributed by atoms with van der Waals surface area (Å²) >= 11 is 0. The van der Waals surface area contributed by atoms with E-state index in [9.17, 15) is 5.11 Å². The number of aliphatic hydroxyl groups excluding tert-OH is 1. The fourth-order valence-electron chi connectivity index (χ4n) is 1.80. The van der Waals surface area contributed by atoms with Crippen molar-refractivity contribution in [3.05, 3.63) is 41.4 Å². The van der Waals surface area contributed by atoms with Crippen LogP contribution in [-0.4, -0.2) is 10.1 Å². The summed E-state index contributed by atoms with van der Waals surface area (Å²) in [6, 6.07) is 5.92. The van der Waals surface area contributed by atoms with E-state index >= 15 is 0 Å². The highest BCUT2D eigenvalue weighted by Crippen LogP contribution is 2.29. The van der Waals surface area contributed by atoms with Crippen molar-refractivity contribution in [1.29, 1.82) is 0 Å². The van der Waals surface area contributed by atoms with Crippen molar-refractivity contribution in [1.82, 2.24) is 4.98 Å². The molecular weight excluding hydrogens is 226 g/mol. The molecule has 1 aromatic heterocycles. The van der Waals surface area contributed by atoms with Crippen molar-refractivity contribution < 1.29 is 9.52 Å². The Morgan fingerprint density at radius 2 is 2.00 bits per heavy atom. The first kappa shape index (κ1) is 12.8. The van der Waals surface area contributed by atoms with Gasteiger partial charge in [-0.05, 0) is 18.6 Å². The predicted molar refractivity (Wildman–Crippen MR) is 71.3 cm³/mol. The van der Waals surface area contributed by atoms with Crippen LogP contribution in [0.2, 0.25) is 0 Å². The number of benzene rings is 1. The molecule has 0 saturated carbocycles. The molecule has 0 atom stereocenters. The van der Waals surface area contributed by atoms with Crippen LogP contribution in [0.25, 0.3) is 11.3 Å². The second-order valence-corrected chi connectivity index (χ2v) is 5.60. The largest absolute Gasteiger partial charge is 0.440 e. The zero-order valence-electron chi connectivity index (χ0n) is 11.3. The van der Waals surface area contributed by atoms with Crippen molar-refractivity contribution in [2.45, 2.75) is 39.7 Å². The molecule has 3 nitrogen and oxygen atoms in total. The molecular formula is C15H19NO2. The van der Waals surface area contributed by atoms with Crippen LogP contribution >= 0.6 is 0 Å². The quantitative estimate of drug-likeness (QED) is 0.881. The molecule has 18 heavy (non-hydrogen) atoms. The van der Waals surface area contributed by atoms with Crippen LogP contribution in [0.4, 0.5) is 0 Å². The van der Waals surface area contributed by atoms with E-state index < -0.39 is 0 Å². The van der Waals surface area contributed by atoms with Crippen LogP contribution in [-0.2, 0) is 12.0 Å². The van der Waals surface area contributed by atoms with Gasteiger partial charge in [0, 0.05) is 11.0 Å². The minimum absolute atomic E-state index is 0.00116. The Hall–Kier alpha value is -1.61. The van der Waals surface area contributed by atoms with E-state index in [0.29, 0.717) is 11.7 Å². The third-order valence-corrected chi connectivity index (χ3v) is 2.85. The highest BCUT2D eigenvalue weighted by Gasteiger charge is 2.21. The minimum Gasteiger partial charge on any atom is -0.440 e. The molecule has 0 bridgehead atoms. The van der Waals surface area contributed by atoms with Gasteiger partial charge in [0.25, 0.3) is 0 Å². The van der Waals surface area contributed by atoms with Crippen LogP contribution < -0.4 is 0 Å². The van der Waals surface area contributed by atoms with Gasteiger partial charge in [-0.2, -0.15) is 0 Å². The smallest absolute Gasteiger partial charge is 0.200 e. The van der Waals surface area contributed by atoms with E-state index in [2.05, 4.69) is 25.8 Å². The van der Waals surface area contributed by atoms with Crippen molar-refractivity contribution >= 4 is 0 Å². The topological polar surface area (TPSA) is 46.3 Å². The SMILES string of the molecule is Cc1ccc(CO)c(-c2cnc(C(C)(C)C)o2)c1. The molecule has 0 radical (unpaired) electrons. The predicted octanol–water partition coefficient (Wildman–Crippen LogP) is 3.44. The summed E-state index contributed by atoms with van der Waals surface area (Å²) in [5, 5.41) is 9.38. The molecule has 2 rings (SSSR count). The van der Waals surface area contributed by atoms with Gasteiger partial charge in [-0.15, -0.1) is 0 Å². The second kappa shape index (κ2) is 4.58. The van der Waals surface area contributed by atoms with Gasteiger partial charge in [0.2, 0.25) is 0 Å². The lowest BCUT2D eigenvalue weighted by molar-refractivity contribution is 0.282. The number of rotatable bonds is 2. The Kier molecular flexibility index (Phi) is 3.26. The maximum absolute atomic E-state index is 9.38. The number of oxazole rings is 1. The van der Waals surface area contributed by atoms with E-state index in [1.54, 1.807) is 6.20 Å². The first-order chi connectivity index (χ1) is 8.41. The molecule has 0 amide bonds. The molecule has 0 unspecified atom stereocenters. The maximum Gasteiger partial charge on any atom is 0.200 e. The fourth-order valence-corrected chi connectivity index (χ4v) is 1.80. The zero-order chi connectivity index (χ0) is 13.3. The summed E-state index contributed by atoms with van der Waals surface area (Å²) in [6.45, 7) is 8.20. The number of hydrogen-bond acceptors (Lipinski definition) is 3. The molecule has 0 fully saturated rings. The lowest BCUT2D eigenvalue weighted by Gasteiger charge is -2.12. The molecule has 0 spiro atoms. The van der Waals surface area contributed by atoms with Gasteiger partial charge in [-0.3, -0.25) is 0 Å². The molecule has 1 heterocycles. The monoisotopic (exact) mass is 245 g/mol. The van der Waals surface area contributed by atoms with Crippen LogP contribution in [0.15, 0.2) is 28.8 Å². The Bertz CT molecular complexity index is 550. The van der Waals surface area contributed by atoms with Gasteiger partial charge >= 0.3 is 0 Å². The minimum atomic E-state index is -0.110. The first-order valence-electron chi connectivity index (χ1n) is 6.09. The molecule has 96 valence electrons. The number of nitrogens with zero attached hydrogens (tertiary/aromatic N) is 1. The van der Waals surface area contributed by atoms with Gasteiger partial charge in [0.05, 0.1) is 12.8 Å². The van der Waals surface area contributed by atoms with E-state index in [0.717, 1.165) is 16.7 Å². The number of aryl methyl sites for hydroxylation is 1. The van der Waals surface area contributed by atoms with E-state index in [4.69, 9.17) is 4.42 Å². The van der Waals surface area contributed by atoms with Crippen molar-refractivity contribution in [2.24, 2.45) is 0 Å². The molecule has 1 aromatic carbocycles. The molecule has 3 heteroatoms. The van der Waals surface area contributed by atoms with Crippen LogP contribution in [0, 0.1) is 6.92 Å². The molecule has 0 aliphatic carbocycles. The maximum atomic E-state index is 9.38. The van der Waals surface area contributed by atoms with Crippen LogP contribution in [0.3, 0.4) is 0 Å². The number of aliphatic hydroxyl groups is 1. The molecule has 0 saturated heterocycles. The van der Waals surface area contributed by atoms with Crippen molar-refractivity contribution in [3.8, 4) is 11.3 Å². The Morgan fingerprint density at radius 3 is 2.56 bits per heavy atom. The van der Waals surface area contributed by atoms with Crippen LogP contribution in [0.1, 0.15) is 37.8 Å². The van der Waals surface area contributed by atoms with Crippen molar-refractivity contribution in [3.63, 3.8) is 0 Å². The lowest BCUT2D eigenvalue weighted by Crippen LogP contribution is -2.10. The standard InChI is InChI=1S/C15H19NO2/c1-10-5-6-11(9-17)12(7-10)13-8-16-14(18-13)15(2,3)4/h5-8,17H,9H2,1-4H3. The Balaban J connectivity index is 2.49. The number of aromatic nitrogens is 1. The van der Waals surface area contributed by atoms with Gasteiger partial charge < -0.3 is 9.52 Å². The summed E-state index contributed by atoms with van der Waals surface area (Å²) < 4.78 is 5.81. The molecule has 0 aliphatic heterocycles. The number of hydrogen-bond donors (Lipinski definition) is 1. The average Bonchev–Trinajstić information content (AvgIpc) is 2.77. The molecule has 1 N–H and O–H groups in total. The summed E-state index contributed by atoms with van der Waals surface area (Å²) in [4.78, 5) is 4.32. The fraction of sp³-hybridized carbons (Fsp3) is 0.400. The normalized spacial score (nSPS) is 11.8. The third kappa shape index (κ3) is 2.46. The van der Waals surface area contributed by atoms with E-state index in [1.807, 2.05) is 25.1 Å². The zero-order valence-corrected chi connectivity index (χ0v) is 11.3. The van der Waals surface area contributed by atoms with Crippen molar-refractivity contribution in [2.75, 3.05) is 0 Å². The molecule has 0 aliphatic rings. The summed E-state index contributed by atoms with van der Waals surface area (Å²) in [6.07, 6.45) is 1.73.